The number of carbonyl (C=O) groups is 2. The molecule has 2 aromatic carbocycles. The Morgan fingerprint density at radius 2 is 1.57 bits per heavy atom. The fraction of sp³-hybridized carbons (Fsp3) is 0.0667. The Labute approximate surface area is 120 Å². The SMILES string of the molecule is Cc1ccc(C(=O)Nc2ccc(C(=O)O)c(O)c2)c(O)c1. The first-order valence-electron chi connectivity index (χ1n) is 6.06. The van der Waals surface area contributed by atoms with E-state index in [1.807, 2.05) is 0 Å². The second-order valence-electron chi connectivity index (χ2n) is 4.51. The van der Waals surface area contributed by atoms with Crippen molar-refractivity contribution in [1.82, 2.24) is 0 Å². The zero-order valence-corrected chi connectivity index (χ0v) is 11.1. The number of carbonyl (C=O) groups excluding carboxylic acids is 1. The Balaban J connectivity index is 2.23. The lowest BCUT2D eigenvalue weighted by Crippen LogP contribution is -2.12. The van der Waals surface area contributed by atoms with E-state index in [0.717, 1.165) is 11.6 Å². The smallest absolute Gasteiger partial charge is 0.339 e. The van der Waals surface area contributed by atoms with Crippen molar-refractivity contribution in [2.45, 2.75) is 6.92 Å². The van der Waals surface area contributed by atoms with Gasteiger partial charge in [-0.05, 0) is 36.8 Å². The maximum absolute atomic E-state index is 12.0. The van der Waals surface area contributed by atoms with Gasteiger partial charge < -0.3 is 20.6 Å². The fourth-order valence-electron chi connectivity index (χ4n) is 1.82. The number of hydrogen-bond donors (Lipinski definition) is 4. The molecule has 2 aromatic rings. The minimum absolute atomic E-state index is 0.0856. The largest absolute Gasteiger partial charge is 0.507 e. The van der Waals surface area contributed by atoms with Gasteiger partial charge in [-0.3, -0.25) is 4.79 Å². The number of hydrogen-bond acceptors (Lipinski definition) is 4. The quantitative estimate of drug-likeness (QED) is 0.693. The van der Waals surface area contributed by atoms with E-state index in [9.17, 15) is 19.8 Å². The topological polar surface area (TPSA) is 107 Å². The lowest BCUT2D eigenvalue weighted by atomic mass is 10.1. The molecule has 0 spiro atoms. The minimum atomic E-state index is -1.26. The van der Waals surface area contributed by atoms with Crippen LogP contribution in [0.15, 0.2) is 36.4 Å². The molecule has 0 heterocycles. The highest BCUT2D eigenvalue weighted by atomic mass is 16.4. The first kappa shape index (κ1) is 14.4. The Kier molecular flexibility index (Phi) is 3.80. The number of amides is 1. The molecule has 21 heavy (non-hydrogen) atoms. The number of benzene rings is 2. The summed E-state index contributed by atoms with van der Waals surface area (Å²) in [7, 11) is 0. The molecular formula is C15H13NO5. The number of carboxylic acids is 1. The van der Waals surface area contributed by atoms with Gasteiger partial charge in [0.05, 0.1) is 5.56 Å². The fourth-order valence-corrected chi connectivity index (χ4v) is 1.82. The lowest BCUT2D eigenvalue weighted by Gasteiger charge is -2.08. The number of rotatable bonds is 3. The standard InChI is InChI=1S/C15H13NO5/c1-8-2-4-10(12(17)6-8)14(19)16-9-3-5-11(15(20)21)13(18)7-9/h2-7,17-18H,1H3,(H,16,19)(H,20,21). The Morgan fingerprint density at radius 3 is 2.14 bits per heavy atom. The van der Waals surface area contributed by atoms with E-state index in [1.165, 1.54) is 24.3 Å². The van der Waals surface area contributed by atoms with Gasteiger partial charge in [0.15, 0.2) is 0 Å². The average Bonchev–Trinajstić information content (AvgIpc) is 2.37. The van der Waals surface area contributed by atoms with Crippen LogP contribution < -0.4 is 5.32 Å². The summed E-state index contributed by atoms with van der Waals surface area (Å²) >= 11 is 0. The van der Waals surface area contributed by atoms with Gasteiger partial charge in [0.2, 0.25) is 0 Å². The number of aryl methyl sites for hydroxylation is 1. The van der Waals surface area contributed by atoms with Gasteiger partial charge >= 0.3 is 5.97 Å². The number of phenols is 2. The molecule has 1 amide bonds. The molecular weight excluding hydrogens is 274 g/mol. The first-order chi connectivity index (χ1) is 9.88. The summed E-state index contributed by atoms with van der Waals surface area (Å²) in [6.45, 7) is 1.78. The molecule has 6 nitrogen and oxygen atoms in total. The molecule has 0 radical (unpaired) electrons. The maximum atomic E-state index is 12.0. The van der Waals surface area contributed by atoms with Crippen LogP contribution in [0.3, 0.4) is 0 Å². The van der Waals surface area contributed by atoms with Crippen LogP contribution in [0, 0.1) is 6.92 Å². The molecule has 0 saturated heterocycles. The van der Waals surface area contributed by atoms with Gasteiger partial charge in [-0.2, -0.15) is 0 Å². The van der Waals surface area contributed by atoms with Gasteiger partial charge in [-0.25, -0.2) is 4.79 Å². The summed E-state index contributed by atoms with van der Waals surface area (Å²) < 4.78 is 0. The Morgan fingerprint density at radius 1 is 0.952 bits per heavy atom. The van der Waals surface area contributed by atoms with E-state index >= 15 is 0 Å². The monoisotopic (exact) mass is 287 g/mol. The molecule has 0 aromatic heterocycles. The molecule has 0 aliphatic carbocycles. The third-order valence-corrected chi connectivity index (χ3v) is 2.88. The molecule has 0 unspecified atom stereocenters. The predicted molar refractivity (Wildman–Crippen MR) is 75.9 cm³/mol. The first-order valence-corrected chi connectivity index (χ1v) is 6.06. The second-order valence-corrected chi connectivity index (χ2v) is 4.51. The van der Waals surface area contributed by atoms with Crippen LogP contribution in [0.25, 0.3) is 0 Å². The van der Waals surface area contributed by atoms with Crippen molar-refractivity contribution in [3.05, 3.63) is 53.1 Å². The number of aromatic hydroxyl groups is 2. The Bertz CT molecular complexity index is 724. The number of anilines is 1. The summed E-state index contributed by atoms with van der Waals surface area (Å²) in [4.78, 5) is 22.8. The molecule has 4 N–H and O–H groups in total. The predicted octanol–water partition coefficient (Wildman–Crippen LogP) is 2.36. The van der Waals surface area contributed by atoms with Gasteiger partial charge in [-0.1, -0.05) is 6.07 Å². The van der Waals surface area contributed by atoms with Gasteiger partial charge in [0.1, 0.15) is 17.1 Å². The van der Waals surface area contributed by atoms with E-state index in [2.05, 4.69) is 5.32 Å². The van der Waals surface area contributed by atoms with Crippen molar-refractivity contribution in [1.29, 1.82) is 0 Å². The molecule has 0 fully saturated rings. The van der Waals surface area contributed by atoms with E-state index < -0.39 is 17.6 Å². The third-order valence-electron chi connectivity index (χ3n) is 2.88. The summed E-state index contributed by atoms with van der Waals surface area (Å²) in [5.41, 5.74) is 0.864. The maximum Gasteiger partial charge on any atom is 0.339 e. The van der Waals surface area contributed by atoms with Crippen LogP contribution in [-0.4, -0.2) is 27.2 Å². The van der Waals surface area contributed by atoms with Crippen LogP contribution in [0.5, 0.6) is 11.5 Å². The molecule has 0 bridgehead atoms. The minimum Gasteiger partial charge on any atom is -0.507 e. The number of nitrogens with one attached hydrogen (secondary N) is 1. The van der Waals surface area contributed by atoms with Crippen LogP contribution in [0.4, 0.5) is 5.69 Å². The van der Waals surface area contributed by atoms with Crippen molar-refractivity contribution in [3.8, 4) is 11.5 Å². The molecule has 108 valence electrons. The molecule has 0 atom stereocenters. The van der Waals surface area contributed by atoms with Crippen molar-refractivity contribution in [2.75, 3.05) is 5.32 Å². The lowest BCUT2D eigenvalue weighted by molar-refractivity contribution is 0.0693. The zero-order chi connectivity index (χ0) is 15.6. The van der Waals surface area contributed by atoms with Crippen LogP contribution in [-0.2, 0) is 0 Å². The number of aromatic carboxylic acids is 1. The van der Waals surface area contributed by atoms with Crippen molar-refractivity contribution >= 4 is 17.6 Å². The summed E-state index contributed by atoms with van der Waals surface area (Å²) in [6.07, 6.45) is 0. The van der Waals surface area contributed by atoms with Gasteiger partial charge in [-0.15, -0.1) is 0 Å². The van der Waals surface area contributed by atoms with Crippen LogP contribution >= 0.6 is 0 Å². The van der Waals surface area contributed by atoms with Gasteiger partial charge in [0, 0.05) is 11.8 Å². The van der Waals surface area contributed by atoms with Crippen molar-refractivity contribution in [2.24, 2.45) is 0 Å². The summed E-state index contributed by atoms with van der Waals surface area (Å²) in [5.74, 6) is -2.43. The second kappa shape index (κ2) is 5.54. The Hall–Kier alpha value is -3.02. The van der Waals surface area contributed by atoms with Crippen molar-refractivity contribution in [3.63, 3.8) is 0 Å². The van der Waals surface area contributed by atoms with Crippen LogP contribution in [0.1, 0.15) is 26.3 Å². The highest BCUT2D eigenvalue weighted by Crippen LogP contribution is 2.24. The normalized spacial score (nSPS) is 10.1. The summed E-state index contributed by atoms with van der Waals surface area (Å²) in [5, 5.41) is 30.6. The van der Waals surface area contributed by atoms with E-state index in [0.29, 0.717) is 0 Å². The molecule has 2 rings (SSSR count). The van der Waals surface area contributed by atoms with E-state index in [4.69, 9.17) is 5.11 Å². The number of carboxylic acid groups (broad SMARTS) is 1. The zero-order valence-electron chi connectivity index (χ0n) is 11.1. The summed E-state index contributed by atoms with van der Waals surface area (Å²) in [6, 6.07) is 8.28. The van der Waals surface area contributed by atoms with E-state index in [-0.39, 0.29) is 22.6 Å². The number of phenolic OH excluding ortho intramolecular Hbond substituents is 1. The molecule has 0 aliphatic rings. The van der Waals surface area contributed by atoms with Gasteiger partial charge in [0.25, 0.3) is 5.91 Å². The average molecular weight is 287 g/mol. The molecule has 0 aliphatic heterocycles. The molecule has 6 heteroatoms. The van der Waals surface area contributed by atoms with E-state index in [1.54, 1.807) is 13.0 Å². The molecule has 0 saturated carbocycles. The third kappa shape index (κ3) is 3.11. The van der Waals surface area contributed by atoms with Crippen LogP contribution in [0.2, 0.25) is 0 Å². The van der Waals surface area contributed by atoms with Crippen molar-refractivity contribution < 1.29 is 24.9 Å². The highest BCUT2D eigenvalue weighted by Gasteiger charge is 2.14. The highest BCUT2D eigenvalue weighted by molar-refractivity contribution is 6.06.